The molecule has 0 bridgehead atoms. The molecule has 0 saturated carbocycles. The highest BCUT2D eigenvalue weighted by Gasteiger charge is 2.32. The van der Waals surface area contributed by atoms with Crippen molar-refractivity contribution >= 4 is 23.1 Å². The van der Waals surface area contributed by atoms with Crippen molar-refractivity contribution in [2.45, 2.75) is 6.18 Å². The van der Waals surface area contributed by atoms with Crippen molar-refractivity contribution in [1.29, 1.82) is 5.26 Å². The second-order valence-corrected chi connectivity index (χ2v) is 5.29. The lowest BCUT2D eigenvalue weighted by molar-refractivity contribution is -0.384. The van der Waals surface area contributed by atoms with Gasteiger partial charge in [-0.05, 0) is 24.3 Å². The second kappa shape index (κ2) is 7.65. The monoisotopic (exact) mass is 377 g/mol. The summed E-state index contributed by atoms with van der Waals surface area (Å²) in [6, 6.07) is 9.29. The average Bonchev–Trinajstić information content (AvgIpc) is 2.62. The fourth-order valence-corrected chi connectivity index (χ4v) is 2.11. The largest absolute Gasteiger partial charge is 0.416 e. The molecule has 1 amide bonds. The van der Waals surface area contributed by atoms with Gasteiger partial charge in [0.2, 0.25) is 5.91 Å². The molecule has 0 spiro atoms. The topological polar surface area (TPSA) is 113 Å². The fourth-order valence-electron chi connectivity index (χ4n) is 2.11. The number of anilines is 1. The van der Waals surface area contributed by atoms with Gasteiger partial charge in [-0.1, -0.05) is 12.1 Å². The molecule has 0 aromatic heterocycles. The summed E-state index contributed by atoms with van der Waals surface area (Å²) in [6.07, 6.45) is -4.58. The van der Waals surface area contributed by atoms with E-state index in [4.69, 9.17) is 5.26 Å². The van der Waals surface area contributed by atoms with Crippen LogP contribution < -0.4 is 5.32 Å². The van der Waals surface area contributed by atoms with Gasteiger partial charge < -0.3 is 5.32 Å². The summed E-state index contributed by atoms with van der Waals surface area (Å²) in [4.78, 5) is 34.3. The zero-order valence-electron chi connectivity index (χ0n) is 13.4. The molecular weight excluding hydrogens is 367 g/mol. The maximum atomic E-state index is 12.6. The Bertz CT molecular complexity index is 916. The molecule has 0 heterocycles. The molecule has 1 unspecified atom stereocenters. The first-order valence-corrected chi connectivity index (χ1v) is 7.30. The highest BCUT2D eigenvalue weighted by Crippen LogP contribution is 2.29. The Balaban J connectivity index is 2.15. The summed E-state index contributed by atoms with van der Waals surface area (Å²) in [6.45, 7) is 0. The van der Waals surface area contributed by atoms with Gasteiger partial charge in [-0.25, -0.2) is 0 Å². The predicted molar refractivity (Wildman–Crippen MR) is 86.6 cm³/mol. The number of nitro benzene ring substituents is 1. The summed E-state index contributed by atoms with van der Waals surface area (Å²) in [5, 5.41) is 21.9. The summed E-state index contributed by atoms with van der Waals surface area (Å²) >= 11 is 0. The molecular formula is C17H10F3N3O4. The van der Waals surface area contributed by atoms with E-state index in [0.717, 1.165) is 24.3 Å². The van der Waals surface area contributed by atoms with Crippen molar-refractivity contribution in [2.75, 3.05) is 5.32 Å². The normalized spacial score (nSPS) is 11.9. The molecule has 2 aromatic carbocycles. The van der Waals surface area contributed by atoms with E-state index in [1.807, 2.05) is 0 Å². The van der Waals surface area contributed by atoms with Crippen molar-refractivity contribution < 1.29 is 27.7 Å². The van der Waals surface area contributed by atoms with E-state index in [2.05, 4.69) is 5.32 Å². The van der Waals surface area contributed by atoms with E-state index >= 15 is 0 Å². The van der Waals surface area contributed by atoms with Crippen molar-refractivity contribution in [3.05, 3.63) is 69.8 Å². The molecule has 0 radical (unpaired) electrons. The number of hydrogen-bond acceptors (Lipinski definition) is 5. The number of hydrogen-bond donors (Lipinski definition) is 1. The zero-order chi connectivity index (χ0) is 20.2. The van der Waals surface area contributed by atoms with Crippen LogP contribution in [0.1, 0.15) is 15.9 Å². The van der Waals surface area contributed by atoms with Crippen LogP contribution in [0.2, 0.25) is 0 Å². The number of rotatable bonds is 5. The Hall–Kier alpha value is -3.74. The van der Waals surface area contributed by atoms with Gasteiger partial charge in [0.05, 0.1) is 16.6 Å². The van der Waals surface area contributed by atoms with Crippen LogP contribution in [0.5, 0.6) is 0 Å². The van der Waals surface area contributed by atoms with Gasteiger partial charge in [-0.2, -0.15) is 18.4 Å². The summed E-state index contributed by atoms with van der Waals surface area (Å²) in [5.41, 5.74) is -1.30. The highest BCUT2D eigenvalue weighted by atomic mass is 19.4. The molecule has 0 fully saturated rings. The minimum absolute atomic E-state index is 0.117. The van der Waals surface area contributed by atoms with Crippen LogP contribution in [0.15, 0.2) is 48.5 Å². The maximum Gasteiger partial charge on any atom is 0.416 e. The molecule has 27 heavy (non-hydrogen) atoms. The number of nitriles is 1. The number of Topliss-reactive ketones (excluding diaryl/α,β-unsaturated/α-hetero) is 1. The first-order chi connectivity index (χ1) is 12.6. The summed E-state index contributed by atoms with van der Waals surface area (Å²) in [5.74, 6) is -3.76. The highest BCUT2D eigenvalue weighted by molar-refractivity contribution is 6.15. The Morgan fingerprint density at radius 1 is 1.07 bits per heavy atom. The Kier molecular flexibility index (Phi) is 5.55. The zero-order valence-corrected chi connectivity index (χ0v) is 13.4. The Morgan fingerprint density at radius 2 is 1.63 bits per heavy atom. The van der Waals surface area contributed by atoms with Gasteiger partial charge in [0.1, 0.15) is 0 Å². The molecule has 7 nitrogen and oxygen atoms in total. The van der Waals surface area contributed by atoms with E-state index in [-0.39, 0.29) is 16.9 Å². The fraction of sp³-hybridized carbons (Fsp3) is 0.118. The average molecular weight is 377 g/mol. The van der Waals surface area contributed by atoms with Gasteiger partial charge in [0, 0.05) is 23.4 Å². The number of nitrogens with zero attached hydrogens (tertiary/aromatic N) is 2. The predicted octanol–water partition coefficient (Wildman–Crippen LogP) is 3.57. The first kappa shape index (κ1) is 19.6. The van der Waals surface area contributed by atoms with Crippen LogP contribution in [-0.2, 0) is 11.0 Å². The van der Waals surface area contributed by atoms with Crippen LogP contribution in [0.25, 0.3) is 0 Å². The van der Waals surface area contributed by atoms with Crippen molar-refractivity contribution in [3.63, 3.8) is 0 Å². The first-order valence-electron chi connectivity index (χ1n) is 7.30. The molecule has 2 aromatic rings. The third-order valence-electron chi connectivity index (χ3n) is 3.50. The van der Waals surface area contributed by atoms with E-state index in [9.17, 15) is 32.9 Å². The van der Waals surface area contributed by atoms with E-state index < -0.39 is 34.3 Å². The van der Waals surface area contributed by atoms with Gasteiger partial charge >= 0.3 is 6.18 Å². The van der Waals surface area contributed by atoms with Gasteiger partial charge in [0.25, 0.3) is 5.69 Å². The summed E-state index contributed by atoms with van der Waals surface area (Å²) < 4.78 is 37.7. The molecule has 2 rings (SSSR count). The SMILES string of the molecule is N#CC(C(=O)Nc1ccc([N+](=O)[O-])cc1)C(=O)c1ccc(C(F)(F)F)cc1. The number of alkyl halides is 3. The number of carbonyl (C=O) groups is 2. The number of halogens is 3. The van der Waals surface area contributed by atoms with Crippen molar-refractivity contribution in [2.24, 2.45) is 5.92 Å². The number of ketones is 1. The molecule has 0 saturated heterocycles. The molecule has 10 heteroatoms. The van der Waals surface area contributed by atoms with Crippen LogP contribution in [0.3, 0.4) is 0 Å². The number of carbonyl (C=O) groups excluding carboxylic acids is 2. The number of benzene rings is 2. The standard InChI is InChI=1S/C17H10F3N3O4/c18-17(19,20)11-3-1-10(2-4-11)15(24)14(9-21)16(25)22-12-5-7-13(8-6-12)23(26)27/h1-8,14H,(H,22,25). The van der Waals surface area contributed by atoms with Crippen molar-refractivity contribution in [1.82, 2.24) is 0 Å². The molecule has 0 aliphatic heterocycles. The number of amides is 1. The minimum atomic E-state index is -4.58. The number of non-ortho nitro benzene ring substituents is 1. The van der Waals surface area contributed by atoms with Crippen molar-refractivity contribution in [3.8, 4) is 6.07 Å². The molecule has 0 aliphatic carbocycles. The number of nitro groups is 1. The van der Waals surface area contributed by atoms with Gasteiger partial charge in [-0.15, -0.1) is 0 Å². The molecule has 1 N–H and O–H groups in total. The second-order valence-electron chi connectivity index (χ2n) is 5.29. The van der Waals surface area contributed by atoms with E-state index in [0.29, 0.717) is 12.1 Å². The Morgan fingerprint density at radius 3 is 2.07 bits per heavy atom. The Labute approximate surface area is 150 Å². The maximum absolute atomic E-state index is 12.6. The minimum Gasteiger partial charge on any atom is -0.325 e. The molecule has 1 atom stereocenters. The van der Waals surface area contributed by atoms with Crippen LogP contribution in [0.4, 0.5) is 24.5 Å². The lowest BCUT2D eigenvalue weighted by Crippen LogP contribution is -2.28. The van der Waals surface area contributed by atoms with Crippen LogP contribution in [0, 0.1) is 27.4 Å². The van der Waals surface area contributed by atoms with Gasteiger partial charge in [-0.3, -0.25) is 19.7 Å². The smallest absolute Gasteiger partial charge is 0.325 e. The quantitative estimate of drug-likeness (QED) is 0.370. The van der Waals surface area contributed by atoms with Crippen LogP contribution >= 0.6 is 0 Å². The lowest BCUT2D eigenvalue weighted by atomic mass is 9.97. The molecule has 0 aliphatic rings. The van der Waals surface area contributed by atoms with Gasteiger partial charge in [0.15, 0.2) is 11.7 Å². The summed E-state index contributed by atoms with van der Waals surface area (Å²) in [7, 11) is 0. The van der Waals surface area contributed by atoms with E-state index in [1.54, 1.807) is 0 Å². The third-order valence-corrected chi connectivity index (χ3v) is 3.50. The van der Waals surface area contributed by atoms with E-state index in [1.165, 1.54) is 18.2 Å². The third kappa shape index (κ3) is 4.66. The molecule has 138 valence electrons. The lowest BCUT2D eigenvalue weighted by Gasteiger charge is -2.11. The van der Waals surface area contributed by atoms with Crippen LogP contribution in [-0.4, -0.2) is 16.6 Å². The number of nitrogens with one attached hydrogen (secondary N) is 1.